The lowest BCUT2D eigenvalue weighted by Crippen LogP contribution is -2.12. The maximum atomic E-state index is 9.78. The van der Waals surface area contributed by atoms with Crippen LogP contribution in [0.2, 0.25) is 0 Å². The van der Waals surface area contributed by atoms with Crippen molar-refractivity contribution in [2.24, 2.45) is 5.73 Å². The SMILES string of the molecule is NCOCCOCCOCC=O. The van der Waals surface area contributed by atoms with Crippen molar-refractivity contribution < 1.29 is 19.0 Å². The summed E-state index contributed by atoms with van der Waals surface area (Å²) in [4.78, 5) is 9.78. The molecule has 0 bridgehead atoms. The largest absolute Gasteiger partial charge is 0.377 e. The topological polar surface area (TPSA) is 70.8 Å². The molecule has 0 heterocycles. The van der Waals surface area contributed by atoms with E-state index in [-0.39, 0.29) is 13.3 Å². The van der Waals surface area contributed by atoms with Gasteiger partial charge in [-0.05, 0) is 0 Å². The fourth-order valence-electron chi connectivity index (χ4n) is 0.553. The molecule has 0 aromatic rings. The van der Waals surface area contributed by atoms with Crippen molar-refractivity contribution in [3.05, 3.63) is 0 Å². The number of carbonyl (C=O) groups is 1. The molecular weight excluding hydrogens is 162 g/mol. The lowest BCUT2D eigenvalue weighted by Gasteiger charge is -2.03. The molecule has 0 aliphatic heterocycles. The molecular formula is C7H15NO4. The van der Waals surface area contributed by atoms with Gasteiger partial charge in [0.1, 0.15) is 12.9 Å². The molecule has 0 aromatic carbocycles. The lowest BCUT2D eigenvalue weighted by molar-refractivity contribution is -0.112. The van der Waals surface area contributed by atoms with Crippen LogP contribution in [0, 0.1) is 0 Å². The maximum Gasteiger partial charge on any atom is 0.145 e. The third-order valence-corrected chi connectivity index (χ3v) is 1.05. The van der Waals surface area contributed by atoms with Gasteiger partial charge in [0.05, 0.1) is 33.2 Å². The van der Waals surface area contributed by atoms with Crippen LogP contribution in [0.25, 0.3) is 0 Å². The summed E-state index contributed by atoms with van der Waals surface area (Å²) in [6.07, 6.45) is 0.706. The van der Waals surface area contributed by atoms with Gasteiger partial charge >= 0.3 is 0 Å². The van der Waals surface area contributed by atoms with Crippen molar-refractivity contribution in [1.82, 2.24) is 0 Å². The standard InChI is InChI=1S/C7H15NO4/c8-7-12-6-5-11-4-3-10-2-1-9/h1H,2-8H2. The van der Waals surface area contributed by atoms with Gasteiger partial charge in [-0.25, -0.2) is 0 Å². The fraction of sp³-hybridized carbons (Fsp3) is 0.857. The van der Waals surface area contributed by atoms with Crippen molar-refractivity contribution in [2.75, 3.05) is 39.8 Å². The van der Waals surface area contributed by atoms with Crippen molar-refractivity contribution in [1.29, 1.82) is 0 Å². The highest BCUT2D eigenvalue weighted by Gasteiger charge is 1.88. The fourth-order valence-corrected chi connectivity index (χ4v) is 0.553. The highest BCUT2D eigenvalue weighted by atomic mass is 16.5. The summed E-state index contributed by atoms with van der Waals surface area (Å²) in [6, 6.07) is 0. The van der Waals surface area contributed by atoms with E-state index in [2.05, 4.69) is 0 Å². The second kappa shape index (κ2) is 10.5. The first-order valence-electron chi connectivity index (χ1n) is 3.78. The van der Waals surface area contributed by atoms with Gasteiger partial charge < -0.3 is 24.7 Å². The molecule has 0 rings (SSSR count). The van der Waals surface area contributed by atoms with Crippen LogP contribution in [0.5, 0.6) is 0 Å². The summed E-state index contributed by atoms with van der Waals surface area (Å²) in [7, 11) is 0. The second-order valence-electron chi connectivity index (χ2n) is 1.93. The number of ether oxygens (including phenoxy) is 3. The van der Waals surface area contributed by atoms with E-state index in [1.807, 2.05) is 0 Å². The summed E-state index contributed by atoms with van der Waals surface area (Å²) in [5, 5.41) is 0. The smallest absolute Gasteiger partial charge is 0.145 e. The number of carbonyl (C=O) groups excluding carboxylic acids is 1. The predicted molar refractivity (Wildman–Crippen MR) is 42.7 cm³/mol. The van der Waals surface area contributed by atoms with Crippen LogP contribution < -0.4 is 5.73 Å². The van der Waals surface area contributed by atoms with Gasteiger partial charge in [0, 0.05) is 0 Å². The minimum atomic E-state index is 0.128. The number of nitrogens with two attached hydrogens (primary N) is 1. The number of aldehydes is 1. The highest BCUT2D eigenvalue weighted by Crippen LogP contribution is 1.78. The zero-order chi connectivity index (χ0) is 9.07. The molecule has 0 unspecified atom stereocenters. The summed E-state index contributed by atoms with van der Waals surface area (Å²) < 4.78 is 14.7. The maximum absolute atomic E-state index is 9.78. The summed E-state index contributed by atoms with van der Waals surface area (Å²) >= 11 is 0. The molecule has 5 nitrogen and oxygen atoms in total. The average molecular weight is 177 g/mol. The molecule has 0 atom stereocenters. The van der Waals surface area contributed by atoms with Crippen molar-refractivity contribution >= 4 is 6.29 Å². The molecule has 0 fully saturated rings. The van der Waals surface area contributed by atoms with Crippen LogP contribution in [-0.4, -0.2) is 46.1 Å². The molecule has 0 radical (unpaired) electrons. The molecule has 0 aliphatic carbocycles. The monoisotopic (exact) mass is 177 g/mol. The van der Waals surface area contributed by atoms with Gasteiger partial charge in [-0.2, -0.15) is 0 Å². The van der Waals surface area contributed by atoms with Gasteiger partial charge in [0.2, 0.25) is 0 Å². The van der Waals surface area contributed by atoms with Gasteiger partial charge in [-0.3, -0.25) is 0 Å². The number of hydrogen-bond acceptors (Lipinski definition) is 5. The quantitative estimate of drug-likeness (QED) is 0.282. The Hall–Kier alpha value is -0.490. The lowest BCUT2D eigenvalue weighted by atomic mass is 10.7. The number of hydrogen-bond donors (Lipinski definition) is 1. The Bertz CT molecular complexity index is 99.4. The zero-order valence-electron chi connectivity index (χ0n) is 7.03. The van der Waals surface area contributed by atoms with Crippen LogP contribution in [0.3, 0.4) is 0 Å². The normalized spacial score (nSPS) is 10.1. The van der Waals surface area contributed by atoms with Crippen LogP contribution in [-0.2, 0) is 19.0 Å². The van der Waals surface area contributed by atoms with Crippen LogP contribution in [0.4, 0.5) is 0 Å². The Morgan fingerprint density at radius 2 is 1.58 bits per heavy atom. The number of rotatable bonds is 9. The molecule has 0 aromatic heterocycles. The van der Waals surface area contributed by atoms with E-state index in [1.54, 1.807) is 0 Å². The molecule has 0 aliphatic rings. The minimum Gasteiger partial charge on any atom is -0.377 e. The van der Waals surface area contributed by atoms with E-state index in [0.717, 1.165) is 0 Å². The minimum absolute atomic E-state index is 0.128. The third kappa shape index (κ3) is 9.51. The predicted octanol–water partition coefficient (Wildman–Crippen LogP) is -0.849. The summed E-state index contributed by atoms with van der Waals surface area (Å²) in [5.41, 5.74) is 5.07. The van der Waals surface area contributed by atoms with E-state index in [4.69, 9.17) is 19.9 Å². The second-order valence-corrected chi connectivity index (χ2v) is 1.93. The Kier molecular flexibility index (Phi) is 10.1. The summed E-state index contributed by atoms with van der Waals surface area (Å²) in [6.45, 7) is 2.24. The molecule has 5 heteroatoms. The molecule has 0 spiro atoms. The Morgan fingerprint density at radius 3 is 2.17 bits per heavy atom. The Balaban J connectivity index is 2.77. The van der Waals surface area contributed by atoms with E-state index in [9.17, 15) is 4.79 Å². The van der Waals surface area contributed by atoms with E-state index >= 15 is 0 Å². The molecule has 0 saturated heterocycles. The first-order valence-corrected chi connectivity index (χ1v) is 3.78. The highest BCUT2D eigenvalue weighted by molar-refractivity contribution is 5.50. The van der Waals surface area contributed by atoms with Gasteiger partial charge in [-0.1, -0.05) is 0 Å². The summed E-state index contributed by atoms with van der Waals surface area (Å²) in [5.74, 6) is 0. The van der Waals surface area contributed by atoms with E-state index in [0.29, 0.717) is 32.7 Å². The Morgan fingerprint density at radius 1 is 1.00 bits per heavy atom. The van der Waals surface area contributed by atoms with Crippen molar-refractivity contribution in [3.63, 3.8) is 0 Å². The Labute approximate surface area is 71.8 Å². The third-order valence-electron chi connectivity index (χ3n) is 1.05. The first-order chi connectivity index (χ1) is 5.91. The van der Waals surface area contributed by atoms with Crippen LogP contribution in [0.15, 0.2) is 0 Å². The van der Waals surface area contributed by atoms with Crippen molar-refractivity contribution in [2.45, 2.75) is 0 Å². The van der Waals surface area contributed by atoms with E-state index in [1.165, 1.54) is 0 Å². The average Bonchev–Trinajstić information content (AvgIpc) is 2.10. The van der Waals surface area contributed by atoms with Crippen molar-refractivity contribution in [3.8, 4) is 0 Å². The zero-order valence-corrected chi connectivity index (χ0v) is 7.03. The van der Waals surface area contributed by atoms with Gasteiger partial charge in [0.15, 0.2) is 0 Å². The van der Waals surface area contributed by atoms with Gasteiger partial charge in [-0.15, -0.1) is 0 Å². The van der Waals surface area contributed by atoms with Crippen LogP contribution >= 0.6 is 0 Å². The van der Waals surface area contributed by atoms with E-state index < -0.39 is 0 Å². The molecule has 0 saturated carbocycles. The first kappa shape index (κ1) is 11.5. The molecule has 0 amide bonds. The molecule has 72 valence electrons. The molecule has 12 heavy (non-hydrogen) atoms. The van der Waals surface area contributed by atoms with Gasteiger partial charge in [0.25, 0.3) is 0 Å². The molecule has 2 N–H and O–H groups in total. The van der Waals surface area contributed by atoms with Crippen LogP contribution in [0.1, 0.15) is 0 Å².